The molecular formula is C20H23N3O5. The van der Waals surface area contributed by atoms with E-state index in [0.717, 1.165) is 31.0 Å². The fourth-order valence-electron chi connectivity index (χ4n) is 3.30. The van der Waals surface area contributed by atoms with Crippen LogP contribution >= 0.6 is 0 Å². The van der Waals surface area contributed by atoms with Crippen LogP contribution in [0.1, 0.15) is 21.5 Å². The lowest BCUT2D eigenvalue weighted by atomic mass is 9.99. The number of amides is 1. The first-order valence-corrected chi connectivity index (χ1v) is 9.00. The number of methoxy groups -OCH3 is 2. The molecule has 3 rings (SSSR count). The molecule has 0 saturated carbocycles. The maximum Gasteiger partial charge on any atom is 0.269 e. The molecule has 0 unspecified atom stereocenters. The van der Waals surface area contributed by atoms with Crippen LogP contribution in [-0.4, -0.2) is 49.6 Å². The Bertz CT molecular complexity index is 867. The first-order valence-electron chi connectivity index (χ1n) is 9.00. The molecule has 0 atom stereocenters. The maximum atomic E-state index is 12.2. The van der Waals surface area contributed by atoms with Crippen LogP contribution in [0.3, 0.4) is 0 Å². The van der Waals surface area contributed by atoms with Gasteiger partial charge in [-0.15, -0.1) is 0 Å². The number of rotatable bonds is 7. The van der Waals surface area contributed by atoms with E-state index in [9.17, 15) is 14.9 Å². The summed E-state index contributed by atoms with van der Waals surface area (Å²) in [6.45, 7) is 2.89. The monoisotopic (exact) mass is 385 g/mol. The SMILES string of the molecule is COc1cc2c(cc1OC)CN(CCNC(=O)c1ccc([N+](=O)[O-])cc1)CC2. The zero-order valence-corrected chi connectivity index (χ0v) is 15.9. The molecule has 0 aromatic heterocycles. The number of hydrogen-bond acceptors (Lipinski definition) is 6. The summed E-state index contributed by atoms with van der Waals surface area (Å²) in [5.74, 6) is 1.22. The third-order valence-corrected chi connectivity index (χ3v) is 4.85. The molecule has 1 heterocycles. The number of nitro benzene ring substituents is 1. The molecule has 2 aromatic carbocycles. The van der Waals surface area contributed by atoms with Gasteiger partial charge >= 0.3 is 0 Å². The summed E-state index contributed by atoms with van der Waals surface area (Å²) in [6.07, 6.45) is 0.909. The zero-order valence-electron chi connectivity index (χ0n) is 15.9. The molecule has 8 nitrogen and oxygen atoms in total. The van der Waals surface area contributed by atoms with Gasteiger partial charge in [0.1, 0.15) is 0 Å². The molecule has 1 aliphatic heterocycles. The summed E-state index contributed by atoms with van der Waals surface area (Å²) in [6, 6.07) is 9.63. The zero-order chi connectivity index (χ0) is 20.1. The summed E-state index contributed by atoms with van der Waals surface area (Å²) in [7, 11) is 3.26. The molecule has 148 valence electrons. The lowest BCUT2D eigenvalue weighted by Crippen LogP contribution is -2.37. The van der Waals surface area contributed by atoms with Crippen LogP contribution in [0.2, 0.25) is 0 Å². The normalized spacial score (nSPS) is 13.5. The van der Waals surface area contributed by atoms with Crippen LogP contribution in [-0.2, 0) is 13.0 Å². The minimum absolute atomic E-state index is 0.0319. The predicted octanol–water partition coefficient (Wildman–Crippen LogP) is 2.40. The van der Waals surface area contributed by atoms with E-state index in [1.165, 1.54) is 35.4 Å². The summed E-state index contributed by atoms with van der Waals surface area (Å²) in [5, 5.41) is 13.5. The number of fused-ring (bicyclic) bond motifs is 1. The molecule has 0 radical (unpaired) electrons. The lowest BCUT2D eigenvalue weighted by molar-refractivity contribution is -0.384. The van der Waals surface area contributed by atoms with Gasteiger partial charge in [-0.2, -0.15) is 0 Å². The van der Waals surface area contributed by atoms with Gasteiger partial charge in [-0.25, -0.2) is 0 Å². The van der Waals surface area contributed by atoms with Gasteiger partial charge in [0.25, 0.3) is 11.6 Å². The summed E-state index contributed by atoms with van der Waals surface area (Å²) in [5.41, 5.74) is 2.83. The van der Waals surface area contributed by atoms with Crippen molar-refractivity contribution in [3.8, 4) is 11.5 Å². The van der Waals surface area contributed by atoms with Crippen LogP contribution in [0, 0.1) is 10.1 Å². The van der Waals surface area contributed by atoms with Crippen molar-refractivity contribution in [1.82, 2.24) is 10.2 Å². The van der Waals surface area contributed by atoms with Crippen LogP contribution in [0.15, 0.2) is 36.4 Å². The van der Waals surface area contributed by atoms with Crippen molar-refractivity contribution in [2.24, 2.45) is 0 Å². The molecule has 8 heteroatoms. The average Bonchev–Trinajstić information content (AvgIpc) is 2.72. The second-order valence-electron chi connectivity index (χ2n) is 6.56. The minimum atomic E-state index is -0.486. The molecule has 2 aromatic rings. The number of nitrogens with zero attached hydrogens (tertiary/aromatic N) is 2. The highest BCUT2D eigenvalue weighted by Crippen LogP contribution is 2.33. The molecule has 1 aliphatic rings. The van der Waals surface area contributed by atoms with Gasteiger partial charge in [0, 0.05) is 43.9 Å². The van der Waals surface area contributed by atoms with Gasteiger partial charge in [0.15, 0.2) is 11.5 Å². The highest BCUT2D eigenvalue weighted by atomic mass is 16.6. The Labute approximate surface area is 163 Å². The highest BCUT2D eigenvalue weighted by molar-refractivity contribution is 5.94. The third-order valence-electron chi connectivity index (χ3n) is 4.85. The number of carbonyl (C=O) groups excluding carboxylic acids is 1. The largest absolute Gasteiger partial charge is 0.493 e. The summed E-state index contributed by atoms with van der Waals surface area (Å²) < 4.78 is 10.7. The molecule has 0 spiro atoms. The first kappa shape index (κ1) is 19.6. The van der Waals surface area contributed by atoms with Gasteiger partial charge in [-0.3, -0.25) is 19.8 Å². The van der Waals surface area contributed by atoms with E-state index in [2.05, 4.69) is 10.2 Å². The van der Waals surface area contributed by atoms with E-state index in [-0.39, 0.29) is 11.6 Å². The smallest absolute Gasteiger partial charge is 0.269 e. The highest BCUT2D eigenvalue weighted by Gasteiger charge is 2.19. The van der Waals surface area contributed by atoms with E-state index < -0.39 is 4.92 Å². The minimum Gasteiger partial charge on any atom is -0.493 e. The molecule has 0 saturated heterocycles. The van der Waals surface area contributed by atoms with E-state index in [0.29, 0.717) is 18.7 Å². The first-order chi connectivity index (χ1) is 13.5. The van der Waals surface area contributed by atoms with E-state index in [4.69, 9.17) is 9.47 Å². The molecule has 28 heavy (non-hydrogen) atoms. The van der Waals surface area contributed by atoms with Crippen molar-refractivity contribution >= 4 is 11.6 Å². The van der Waals surface area contributed by atoms with Gasteiger partial charge in [0.2, 0.25) is 0 Å². The number of nitro groups is 1. The van der Waals surface area contributed by atoms with Gasteiger partial charge < -0.3 is 14.8 Å². The van der Waals surface area contributed by atoms with E-state index >= 15 is 0 Å². The quantitative estimate of drug-likeness (QED) is 0.581. The fourth-order valence-corrected chi connectivity index (χ4v) is 3.30. The maximum absolute atomic E-state index is 12.2. The number of ether oxygens (including phenoxy) is 2. The Morgan fingerprint density at radius 1 is 1.14 bits per heavy atom. The predicted molar refractivity (Wildman–Crippen MR) is 104 cm³/mol. The van der Waals surface area contributed by atoms with Crippen LogP contribution in [0.25, 0.3) is 0 Å². The van der Waals surface area contributed by atoms with Gasteiger partial charge in [-0.1, -0.05) is 0 Å². The number of hydrogen-bond donors (Lipinski definition) is 1. The Morgan fingerprint density at radius 2 is 1.79 bits per heavy atom. The number of benzene rings is 2. The molecular weight excluding hydrogens is 362 g/mol. The van der Waals surface area contributed by atoms with Crippen molar-refractivity contribution in [3.63, 3.8) is 0 Å². The topological polar surface area (TPSA) is 93.9 Å². The second-order valence-corrected chi connectivity index (χ2v) is 6.56. The van der Waals surface area contributed by atoms with Crippen molar-refractivity contribution in [1.29, 1.82) is 0 Å². The van der Waals surface area contributed by atoms with E-state index in [1.807, 2.05) is 12.1 Å². The molecule has 0 fully saturated rings. The molecule has 1 N–H and O–H groups in total. The Hall–Kier alpha value is -3.13. The third kappa shape index (κ3) is 4.40. The van der Waals surface area contributed by atoms with Crippen LogP contribution in [0.5, 0.6) is 11.5 Å². The Kier molecular flexibility index (Phi) is 6.10. The fraction of sp³-hybridized carbons (Fsp3) is 0.350. The standard InChI is InChI=1S/C20H23N3O5/c1-27-18-11-15-7-9-22(13-16(15)12-19(18)28-2)10-8-21-20(24)14-3-5-17(6-4-14)23(25)26/h3-6,11-12H,7-10,13H2,1-2H3,(H,21,24). The number of carbonyl (C=O) groups is 1. The van der Waals surface area contributed by atoms with Gasteiger partial charge in [-0.05, 0) is 41.8 Å². The Morgan fingerprint density at radius 3 is 2.39 bits per heavy atom. The molecule has 1 amide bonds. The van der Waals surface area contributed by atoms with Crippen LogP contribution in [0.4, 0.5) is 5.69 Å². The van der Waals surface area contributed by atoms with Gasteiger partial charge in [0.05, 0.1) is 19.1 Å². The summed E-state index contributed by atoms with van der Waals surface area (Å²) in [4.78, 5) is 24.7. The van der Waals surface area contributed by atoms with E-state index in [1.54, 1.807) is 14.2 Å². The lowest BCUT2D eigenvalue weighted by Gasteiger charge is -2.29. The number of non-ortho nitro benzene ring substituents is 1. The Balaban J connectivity index is 1.53. The number of nitrogens with one attached hydrogen (secondary N) is 1. The van der Waals surface area contributed by atoms with Crippen LogP contribution < -0.4 is 14.8 Å². The van der Waals surface area contributed by atoms with Crippen molar-refractivity contribution < 1.29 is 19.2 Å². The average molecular weight is 385 g/mol. The van der Waals surface area contributed by atoms with Crippen molar-refractivity contribution in [2.45, 2.75) is 13.0 Å². The second kappa shape index (κ2) is 8.71. The van der Waals surface area contributed by atoms with Crippen molar-refractivity contribution in [3.05, 3.63) is 63.2 Å². The summed E-state index contributed by atoms with van der Waals surface area (Å²) >= 11 is 0. The molecule has 0 aliphatic carbocycles. The molecule has 0 bridgehead atoms. The van der Waals surface area contributed by atoms with Crippen molar-refractivity contribution in [2.75, 3.05) is 33.9 Å².